The first-order valence-electron chi connectivity index (χ1n) is 6.16. The van der Waals surface area contributed by atoms with E-state index in [-0.39, 0.29) is 5.54 Å². The van der Waals surface area contributed by atoms with E-state index in [1.807, 2.05) is 0 Å². The molecule has 1 heterocycles. The number of nitrogens with two attached hydrogens (primary N) is 1. The zero-order chi connectivity index (χ0) is 11.4. The molecular weight excluding hydrogens is 198 g/mol. The van der Waals surface area contributed by atoms with Crippen LogP contribution in [0, 0.1) is 0 Å². The molecule has 1 atom stereocenters. The number of aryl methyl sites for hydroxylation is 1. The molecule has 0 spiro atoms. The van der Waals surface area contributed by atoms with Crippen molar-refractivity contribution in [2.24, 2.45) is 5.73 Å². The Hall–Kier alpha value is -0.860. The maximum absolute atomic E-state index is 6.34. The molecule has 2 nitrogen and oxygen atoms in total. The van der Waals surface area contributed by atoms with Crippen molar-refractivity contribution in [3.05, 3.63) is 35.4 Å². The van der Waals surface area contributed by atoms with Gasteiger partial charge in [-0.3, -0.25) is 0 Å². The Balaban J connectivity index is 2.01. The Labute approximate surface area is 97.8 Å². The van der Waals surface area contributed by atoms with E-state index in [1.165, 1.54) is 11.1 Å². The van der Waals surface area contributed by atoms with E-state index in [9.17, 15) is 0 Å². The van der Waals surface area contributed by atoms with Crippen LogP contribution in [0.4, 0.5) is 0 Å². The monoisotopic (exact) mass is 219 g/mol. The SMILES string of the molecule is CCc1ccc(CC2(N)CCCOC2)cc1. The van der Waals surface area contributed by atoms with Crippen molar-refractivity contribution in [1.29, 1.82) is 0 Å². The topological polar surface area (TPSA) is 35.2 Å². The van der Waals surface area contributed by atoms with Crippen molar-refractivity contribution in [3.63, 3.8) is 0 Å². The Morgan fingerprint density at radius 2 is 1.94 bits per heavy atom. The molecule has 1 fully saturated rings. The van der Waals surface area contributed by atoms with E-state index in [1.54, 1.807) is 0 Å². The molecule has 0 aromatic heterocycles. The fourth-order valence-electron chi connectivity index (χ4n) is 2.31. The van der Waals surface area contributed by atoms with E-state index >= 15 is 0 Å². The van der Waals surface area contributed by atoms with Gasteiger partial charge in [0, 0.05) is 12.1 Å². The minimum absolute atomic E-state index is 0.147. The fraction of sp³-hybridized carbons (Fsp3) is 0.571. The predicted molar refractivity (Wildman–Crippen MR) is 66.5 cm³/mol. The normalized spacial score (nSPS) is 25.6. The summed E-state index contributed by atoms with van der Waals surface area (Å²) in [4.78, 5) is 0. The van der Waals surface area contributed by atoms with E-state index < -0.39 is 0 Å². The summed E-state index contributed by atoms with van der Waals surface area (Å²) in [7, 11) is 0. The molecular formula is C14H21NO. The highest BCUT2D eigenvalue weighted by molar-refractivity contribution is 5.24. The molecule has 0 aliphatic carbocycles. The molecule has 0 radical (unpaired) electrons. The summed E-state index contributed by atoms with van der Waals surface area (Å²) >= 11 is 0. The van der Waals surface area contributed by atoms with Crippen LogP contribution in [0.3, 0.4) is 0 Å². The summed E-state index contributed by atoms with van der Waals surface area (Å²) in [5, 5.41) is 0. The van der Waals surface area contributed by atoms with Gasteiger partial charge in [-0.25, -0.2) is 0 Å². The Morgan fingerprint density at radius 1 is 1.25 bits per heavy atom. The van der Waals surface area contributed by atoms with Crippen molar-refractivity contribution in [1.82, 2.24) is 0 Å². The van der Waals surface area contributed by atoms with E-state index in [4.69, 9.17) is 10.5 Å². The van der Waals surface area contributed by atoms with Gasteiger partial charge in [-0.1, -0.05) is 31.2 Å². The van der Waals surface area contributed by atoms with Gasteiger partial charge < -0.3 is 10.5 Å². The average molecular weight is 219 g/mol. The number of rotatable bonds is 3. The summed E-state index contributed by atoms with van der Waals surface area (Å²) in [6, 6.07) is 8.79. The highest BCUT2D eigenvalue weighted by Crippen LogP contribution is 2.21. The van der Waals surface area contributed by atoms with Gasteiger partial charge in [-0.05, 0) is 36.8 Å². The molecule has 0 saturated carbocycles. The molecule has 1 aliphatic heterocycles. The van der Waals surface area contributed by atoms with Gasteiger partial charge in [0.25, 0.3) is 0 Å². The molecule has 1 saturated heterocycles. The minimum atomic E-state index is -0.147. The van der Waals surface area contributed by atoms with Crippen molar-refractivity contribution < 1.29 is 4.74 Å². The molecule has 1 aliphatic rings. The first kappa shape index (κ1) is 11.6. The lowest BCUT2D eigenvalue weighted by Crippen LogP contribution is -2.49. The van der Waals surface area contributed by atoms with Crippen molar-refractivity contribution in [2.75, 3.05) is 13.2 Å². The lowest BCUT2D eigenvalue weighted by molar-refractivity contribution is 0.0382. The van der Waals surface area contributed by atoms with Crippen LogP contribution in [0.25, 0.3) is 0 Å². The lowest BCUT2D eigenvalue weighted by atomic mass is 9.86. The third-order valence-corrected chi connectivity index (χ3v) is 3.34. The fourth-order valence-corrected chi connectivity index (χ4v) is 2.31. The predicted octanol–water partition coefficient (Wildman–Crippen LogP) is 2.30. The molecule has 2 rings (SSSR count). The van der Waals surface area contributed by atoms with Gasteiger partial charge >= 0.3 is 0 Å². The van der Waals surface area contributed by atoms with Gasteiger partial charge in [0.05, 0.1) is 6.61 Å². The Kier molecular flexibility index (Phi) is 3.62. The van der Waals surface area contributed by atoms with Crippen LogP contribution in [-0.4, -0.2) is 18.8 Å². The van der Waals surface area contributed by atoms with Crippen LogP contribution in [-0.2, 0) is 17.6 Å². The lowest BCUT2D eigenvalue weighted by Gasteiger charge is -2.33. The number of benzene rings is 1. The van der Waals surface area contributed by atoms with E-state index in [2.05, 4.69) is 31.2 Å². The second-order valence-corrected chi connectivity index (χ2v) is 4.87. The summed E-state index contributed by atoms with van der Waals surface area (Å²) < 4.78 is 5.48. The maximum atomic E-state index is 6.34. The molecule has 0 bridgehead atoms. The second kappa shape index (κ2) is 4.98. The van der Waals surface area contributed by atoms with Gasteiger partial charge in [0.15, 0.2) is 0 Å². The standard InChI is InChI=1S/C14H21NO/c1-2-12-4-6-13(7-5-12)10-14(15)8-3-9-16-11-14/h4-7H,2-3,8-11,15H2,1H3. The molecule has 2 N–H and O–H groups in total. The van der Waals surface area contributed by atoms with Gasteiger partial charge in [0.2, 0.25) is 0 Å². The Morgan fingerprint density at radius 3 is 2.50 bits per heavy atom. The van der Waals surface area contributed by atoms with E-state index in [0.717, 1.165) is 32.3 Å². The van der Waals surface area contributed by atoms with Gasteiger partial charge in [-0.2, -0.15) is 0 Å². The van der Waals surface area contributed by atoms with Crippen molar-refractivity contribution >= 4 is 0 Å². The van der Waals surface area contributed by atoms with E-state index in [0.29, 0.717) is 6.61 Å². The Bertz CT molecular complexity index is 325. The first-order chi connectivity index (χ1) is 7.72. The summed E-state index contributed by atoms with van der Waals surface area (Å²) in [5.74, 6) is 0. The molecule has 0 amide bonds. The smallest absolute Gasteiger partial charge is 0.0649 e. The van der Waals surface area contributed by atoms with Crippen molar-refractivity contribution in [2.45, 2.75) is 38.1 Å². The zero-order valence-electron chi connectivity index (χ0n) is 10.0. The zero-order valence-corrected chi connectivity index (χ0v) is 10.0. The van der Waals surface area contributed by atoms with Crippen LogP contribution < -0.4 is 5.73 Å². The third-order valence-electron chi connectivity index (χ3n) is 3.34. The third kappa shape index (κ3) is 2.83. The summed E-state index contributed by atoms with van der Waals surface area (Å²) in [5.41, 5.74) is 8.90. The summed E-state index contributed by atoms with van der Waals surface area (Å²) in [6.45, 7) is 3.74. The second-order valence-electron chi connectivity index (χ2n) is 4.87. The van der Waals surface area contributed by atoms with Crippen LogP contribution in [0.15, 0.2) is 24.3 Å². The van der Waals surface area contributed by atoms with Crippen LogP contribution >= 0.6 is 0 Å². The first-order valence-corrected chi connectivity index (χ1v) is 6.16. The summed E-state index contributed by atoms with van der Waals surface area (Å²) in [6.07, 6.45) is 4.18. The molecule has 16 heavy (non-hydrogen) atoms. The quantitative estimate of drug-likeness (QED) is 0.846. The van der Waals surface area contributed by atoms with Crippen LogP contribution in [0.1, 0.15) is 30.9 Å². The maximum Gasteiger partial charge on any atom is 0.0649 e. The molecule has 1 aromatic rings. The largest absolute Gasteiger partial charge is 0.380 e. The molecule has 88 valence electrons. The molecule has 1 unspecified atom stereocenters. The number of ether oxygens (including phenoxy) is 1. The number of hydrogen-bond acceptors (Lipinski definition) is 2. The number of hydrogen-bond donors (Lipinski definition) is 1. The molecule has 1 aromatic carbocycles. The minimum Gasteiger partial charge on any atom is -0.380 e. The van der Waals surface area contributed by atoms with Gasteiger partial charge in [-0.15, -0.1) is 0 Å². The highest BCUT2D eigenvalue weighted by atomic mass is 16.5. The average Bonchev–Trinajstić information content (AvgIpc) is 2.30. The van der Waals surface area contributed by atoms with Gasteiger partial charge in [0.1, 0.15) is 0 Å². The molecule has 2 heteroatoms. The highest BCUT2D eigenvalue weighted by Gasteiger charge is 2.28. The van der Waals surface area contributed by atoms with Crippen LogP contribution in [0.2, 0.25) is 0 Å². The van der Waals surface area contributed by atoms with Crippen LogP contribution in [0.5, 0.6) is 0 Å². The van der Waals surface area contributed by atoms with Crippen molar-refractivity contribution in [3.8, 4) is 0 Å².